The predicted octanol–water partition coefficient (Wildman–Crippen LogP) is 4.39. The van der Waals surface area contributed by atoms with E-state index in [0.29, 0.717) is 15.5 Å². The van der Waals surface area contributed by atoms with Crippen LogP contribution < -0.4 is 0 Å². The smallest absolute Gasteiger partial charge is 0.169 e. The van der Waals surface area contributed by atoms with E-state index in [-0.39, 0.29) is 10.7 Å². The second-order valence-electron chi connectivity index (χ2n) is 4.67. The lowest BCUT2D eigenvalue weighted by molar-refractivity contribution is -0.112. The first-order valence-corrected chi connectivity index (χ1v) is 7.97. The van der Waals surface area contributed by atoms with Gasteiger partial charge >= 0.3 is 0 Å². The van der Waals surface area contributed by atoms with Crippen LogP contribution in [0, 0.1) is 6.92 Å². The maximum absolute atomic E-state index is 12.6. The summed E-state index contributed by atoms with van der Waals surface area (Å²) in [5, 5.41) is 0.525. The van der Waals surface area contributed by atoms with Gasteiger partial charge in [0.15, 0.2) is 5.78 Å². The Morgan fingerprint density at radius 1 is 1.10 bits per heavy atom. The molecule has 0 aliphatic carbocycles. The second kappa shape index (κ2) is 6.83. The monoisotopic (exact) mass is 318 g/mol. The Morgan fingerprint density at radius 3 is 2.29 bits per heavy atom. The normalized spacial score (nSPS) is 13.0. The van der Waals surface area contributed by atoms with Crippen LogP contribution in [0.15, 0.2) is 58.3 Å². The summed E-state index contributed by atoms with van der Waals surface area (Å²) in [6, 6.07) is 14.5. The van der Waals surface area contributed by atoms with Gasteiger partial charge in [0, 0.05) is 9.92 Å². The van der Waals surface area contributed by atoms with Gasteiger partial charge in [0.1, 0.15) is 0 Å². The molecule has 0 heterocycles. The van der Waals surface area contributed by atoms with Crippen molar-refractivity contribution in [2.45, 2.75) is 18.7 Å². The van der Waals surface area contributed by atoms with E-state index in [4.69, 9.17) is 11.6 Å². The van der Waals surface area contributed by atoms with Gasteiger partial charge in [0.05, 0.1) is 15.7 Å². The molecule has 4 heteroatoms. The maximum Gasteiger partial charge on any atom is 0.169 e. The van der Waals surface area contributed by atoms with E-state index in [1.54, 1.807) is 30.3 Å². The Bertz CT molecular complexity index is 718. The summed E-state index contributed by atoms with van der Waals surface area (Å²) >= 11 is 6.09. The van der Waals surface area contributed by atoms with Gasteiger partial charge < -0.3 is 0 Å². The molecule has 0 aliphatic heterocycles. The maximum atomic E-state index is 12.6. The highest BCUT2D eigenvalue weighted by atomic mass is 35.5. The second-order valence-corrected chi connectivity index (χ2v) is 6.52. The fourth-order valence-corrected chi connectivity index (χ4v) is 3.13. The number of Topliss-reactive ketones (excluding diaryl/α,β-unsaturated/α-hetero) is 1. The van der Waals surface area contributed by atoms with E-state index in [9.17, 15) is 9.00 Å². The van der Waals surface area contributed by atoms with Crippen LogP contribution in [0.1, 0.15) is 18.1 Å². The molecule has 0 fully saturated rings. The molecule has 108 valence electrons. The number of hydrogen-bond acceptors (Lipinski definition) is 2. The van der Waals surface area contributed by atoms with Crippen LogP contribution in [0.5, 0.6) is 0 Å². The molecular formula is C17H15ClO2S. The number of halogens is 1. The molecule has 2 rings (SSSR count). The summed E-state index contributed by atoms with van der Waals surface area (Å²) in [6.45, 7) is 3.37. The molecule has 0 aliphatic rings. The standard InChI is InChI=1S/C17H15ClO2S/c1-12-7-9-15(10-8-12)21(20)17(13(2)19)11-14-5-3-4-6-16(14)18/h3-11H,1-2H3/b17-11+. The number of ketones is 1. The van der Waals surface area contributed by atoms with E-state index in [1.807, 2.05) is 31.2 Å². The van der Waals surface area contributed by atoms with E-state index in [0.717, 1.165) is 5.56 Å². The highest BCUT2D eigenvalue weighted by molar-refractivity contribution is 7.90. The van der Waals surface area contributed by atoms with Gasteiger partial charge in [-0.2, -0.15) is 0 Å². The van der Waals surface area contributed by atoms with Crippen LogP contribution in [0.2, 0.25) is 5.02 Å². The zero-order valence-corrected chi connectivity index (χ0v) is 13.4. The van der Waals surface area contributed by atoms with Gasteiger partial charge in [-0.25, -0.2) is 4.21 Å². The average molecular weight is 319 g/mol. The minimum atomic E-state index is -1.52. The lowest BCUT2D eigenvalue weighted by Crippen LogP contribution is -2.05. The quantitative estimate of drug-likeness (QED) is 0.784. The van der Waals surface area contributed by atoms with Crippen LogP contribution in [-0.4, -0.2) is 9.99 Å². The van der Waals surface area contributed by atoms with Gasteiger partial charge in [-0.05, 0) is 43.7 Å². The summed E-state index contributed by atoms with van der Waals surface area (Å²) in [7, 11) is -1.52. The Morgan fingerprint density at radius 2 is 1.71 bits per heavy atom. The topological polar surface area (TPSA) is 34.1 Å². The third-order valence-electron chi connectivity index (χ3n) is 2.97. The number of carbonyl (C=O) groups excluding carboxylic acids is 1. The molecule has 1 unspecified atom stereocenters. The summed E-state index contributed by atoms with van der Waals surface area (Å²) in [5.74, 6) is -0.228. The van der Waals surface area contributed by atoms with Crippen molar-refractivity contribution < 1.29 is 9.00 Å². The average Bonchev–Trinajstić information content (AvgIpc) is 2.46. The third kappa shape index (κ3) is 3.90. The molecule has 21 heavy (non-hydrogen) atoms. The Kier molecular flexibility index (Phi) is 5.10. The zero-order chi connectivity index (χ0) is 15.4. The first kappa shape index (κ1) is 15.7. The number of allylic oxidation sites excluding steroid dienone is 1. The largest absolute Gasteiger partial charge is 0.294 e. The van der Waals surface area contributed by atoms with Crippen molar-refractivity contribution in [3.8, 4) is 0 Å². The molecule has 0 bridgehead atoms. The molecule has 0 aromatic heterocycles. The Balaban J connectivity index is 2.44. The van der Waals surface area contributed by atoms with Gasteiger partial charge in [-0.15, -0.1) is 0 Å². The van der Waals surface area contributed by atoms with Gasteiger partial charge in [-0.1, -0.05) is 47.5 Å². The van der Waals surface area contributed by atoms with Crippen LogP contribution in [0.3, 0.4) is 0 Å². The van der Waals surface area contributed by atoms with Crippen molar-refractivity contribution >= 4 is 34.3 Å². The number of rotatable bonds is 4. The molecule has 2 aromatic rings. The van der Waals surface area contributed by atoms with Crippen molar-refractivity contribution in [2.75, 3.05) is 0 Å². The van der Waals surface area contributed by atoms with Crippen LogP contribution >= 0.6 is 11.6 Å². The first-order chi connectivity index (χ1) is 9.99. The summed E-state index contributed by atoms with van der Waals surface area (Å²) in [5.41, 5.74) is 1.76. The molecule has 0 saturated heterocycles. The number of benzene rings is 2. The summed E-state index contributed by atoms with van der Waals surface area (Å²) in [6.07, 6.45) is 1.60. The zero-order valence-electron chi connectivity index (χ0n) is 11.8. The number of carbonyl (C=O) groups is 1. The van der Waals surface area contributed by atoms with Crippen molar-refractivity contribution in [3.05, 3.63) is 69.6 Å². The van der Waals surface area contributed by atoms with Crippen LogP contribution in [0.4, 0.5) is 0 Å². The predicted molar refractivity (Wildman–Crippen MR) is 87.7 cm³/mol. The molecule has 0 spiro atoms. The molecule has 0 N–H and O–H groups in total. The molecular weight excluding hydrogens is 304 g/mol. The fourth-order valence-electron chi connectivity index (χ4n) is 1.81. The van der Waals surface area contributed by atoms with E-state index >= 15 is 0 Å². The third-order valence-corrected chi connectivity index (χ3v) is 4.82. The van der Waals surface area contributed by atoms with Gasteiger partial charge in [0.2, 0.25) is 0 Å². The molecule has 2 nitrogen and oxygen atoms in total. The molecule has 1 atom stereocenters. The van der Waals surface area contributed by atoms with Gasteiger partial charge in [0.25, 0.3) is 0 Å². The van der Waals surface area contributed by atoms with Gasteiger partial charge in [-0.3, -0.25) is 4.79 Å². The lowest BCUT2D eigenvalue weighted by Gasteiger charge is -2.06. The highest BCUT2D eigenvalue weighted by Crippen LogP contribution is 2.23. The van der Waals surface area contributed by atoms with Crippen molar-refractivity contribution in [3.63, 3.8) is 0 Å². The van der Waals surface area contributed by atoms with Crippen molar-refractivity contribution in [2.24, 2.45) is 0 Å². The summed E-state index contributed by atoms with van der Waals surface area (Å²) in [4.78, 5) is 12.7. The highest BCUT2D eigenvalue weighted by Gasteiger charge is 2.15. The Hall–Kier alpha value is -1.71. The molecule has 2 aromatic carbocycles. The minimum absolute atomic E-state index is 0.228. The van der Waals surface area contributed by atoms with Crippen LogP contribution in [-0.2, 0) is 15.6 Å². The summed E-state index contributed by atoms with van der Waals surface area (Å²) < 4.78 is 12.6. The SMILES string of the molecule is CC(=O)/C(=C\c1ccccc1Cl)S(=O)c1ccc(C)cc1. The lowest BCUT2D eigenvalue weighted by atomic mass is 10.2. The van der Waals surface area contributed by atoms with Crippen LogP contribution in [0.25, 0.3) is 6.08 Å². The number of hydrogen-bond donors (Lipinski definition) is 0. The molecule has 0 amide bonds. The minimum Gasteiger partial charge on any atom is -0.294 e. The molecule has 0 saturated carbocycles. The van der Waals surface area contributed by atoms with E-state index in [1.165, 1.54) is 6.92 Å². The van der Waals surface area contributed by atoms with E-state index in [2.05, 4.69) is 0 Å². The van der Waals surface area contributed by atoms with E-state index < -0.39 is 10.8 Å². The molecule has 0 radical (unpaired) electrons. The van der Waals surface area contributed by atoms with Crippen molar-refractivity contribution in [1.82, 2.24) is 0 Å². The first-order valence-electron chi connectivity index (χ1n) is 6.44. The number of aryl methyl sites for hydroxylation is 1. The fraction of sp³-hybridized carbons (Fsp3) is 0.118. The van der Waals surface area contributed by atoms with Crippen molar-refractivity contribution in [1.29, 1.82) is 0 Å². The Labute approximate surface area is 131 Å².